The highest BCUT2D eigenvalue weighted by Gasteiger charge is 2.11. The molecule has 18 heavy (non-hydrogen) atoms. The predicted molar refractivity (Wildman–Crippen MR) is 66.0 cm³/mol. The number of esters is 1. The number of hydrogen-bond acceptors (Lipinski definition) is 4. The van der Waals surface area contributed by atoms with Gasteiger partial charge in [0, 0.05) is 0 Å². The fourth-order valence-electron chi connectivity index (χ4n) is 1.29. The first-order chi connectivity index (χ1) is 8.72. The van der Waals surface area contributed by atoms with Gasteiger partial charge in [-0.3, -0.25) is 0 Å². The summed E-state index contributed by atoms with van der Waals surface area (Å²) in [4.78, 5) is 11.5. The molecule has 90 valence electrons. The Labute approximate surface area is 106 Å². The molecule has 1 rings (SSSR count). The average Bonchev–Trinajstić information content (AvgIpc) is 2.42. The number of rotatable bonds is 4. The maximum absolute atomic E-state index is 11.5. The Morgan fingerprint density at radius 1 is 1.39 bits per heavy atom. The van der Waals surface area contributed by atoms with Gasteiger partial charge in [-0.05, 0) is 24.1 Å². The van der Waals surface area contributed by atoms with Crippen molar-refractivity contribution in [2.75, 3.05) is 6.61 Å². The fourth-order valence-corrected chi connectivity index (χ4v) is 1.29. The molecule has 0 unspecified atom stereocenters. The molecule has 0 fully saturated rings. The molecule has 4 heteroatoms. The van der Waals surface area contributed by atoms with Crippen LogP contribution >= 0.6 is 0 Å². The first-order valence-corrected chi connectivity index (χ1v) is 5.51. The van der Waals surface area contributed by atoms with Gasteiger partial charge >= 0.3 is 5.97 Å². The van der Waals surface area contributed by atoms with E-state index in [-0.39, 0.29) is 12.2 Å². The average molecular weight is 240 g/mol. The molecule has 0 aliphatic rings. The van der Waals surface area contributed by atoms with E-state index in [2.05, 4.69) is 0 Å². The van der Waals surface area contributed by atoms with Crippen LogP contribution in [0.1, 0.15) is 24.5 Å². The Balaban J connectivity index is 3.02. The smallest absolute Gasteiger partial charge is 0.348 e. The molecular weight excluding hydrogens is 228 g/mol. The summed E-state index contributed by atoms with van der Waals surface area (Å²) in [6, 6.07) is 10.5. The van der Waals surface area contributed by atoms with Gasteiger partial charge in [0.05, 0.1) is 18.2 Å². The van der Waals surface area contributed by atoms with E-state index in [4.69, 9.17) is 15.3 Å². The zero-order chi connectivity index (χ0) is 13.4. The van der Waals surface area contributed by atoms with Crippen molar-refractivity contribution >= 4 is 12.0 Å². The first kappa shape index (κ1) is 13.5. The minimum Gasteiger partial charge on any atom is -0.462 e. The number of carbonyl (C=O) groups is 1. The van der Waals surface area contributed by atoms with Gasteiger partial charge in [0.2, 0.25) is 0 Å². The summed E-state index contributed by atoms with van der Waals surface area (Å²) >= 11 is 0. The van der Waals surface area contributed by atoms with E-state index < -0.39 is 5.97 Å². The Kier molecular flexibility index (Phi) is 5.15. The molecule has 0 saturated carbocycles. The van der Waals surface area contributed by atoms with E-state index in [0.29, 0.717) is 17.5 Å². The van der Waals surface area contributed by atoms with Crippen molar-refractivity contribution in [3.8, 4) is 12.1 Å². The summed E-state index contributed by atoms with van der Waals surface area (Å²) in [5.41, 5.74) is 0.838. The third-order valence-electron chi connectivity index (χ3n) is 2.16. The van der Waals surface area contributed by atoms with Crippen molar-refractivity contribution in [2.24, 2.45) is 0 Å². The molecule has 1 aromatic carbocycles. The fraction of sp³-hybridized carbons (Fsp3) is 0.214. The molecule has 0 amide bonds. The Morgan fingerprint density at radius 3 is 2.72 bits per heavy atom. The van der Waals surface area contributed by atoms with Gasteiger partial charge < -0.3 is 4.74 Å². The summed E-state index contributed by atoms with van der Waals surface area (Å²) in [7, 11) is 0. The molecule has 0 aliphatic carbocycles. The predicted octanol–water partition coefficient (Wildman–Crippen LogP) is 2.42. The largest absolute Gasteiger partial charge is 0.462 e. The molecule has 0 heterocycles. The molecule has 0 aliphatic heterocycles. The lowest BCUT2D eigenvalue weighted by Crippen LogP contribution is -2.07. The van der Waals surface area contributed by atoms with Crippen LogP contribution in [-0.4, -0.2) is 12.6 Å². The second-order valence-corrected chi connectivity index (χ2v) is 3.50. The van der Waals surface area contributed by atoms with Crippen molar-refractivity contribution in [1.82, 2.24) is 0 Å². The normalized spacial score (nSPS) is 10.3. The van der Waals surface area contributed by atoms with Crippen LogP contribution in [0.2, 0.25) is 0 Å². The van der Waals surface area contributed by atoms with Gasteiger partial charge in [0.25, 0.3) is 0 Å². The highest BCUT2D eigenvalue weighted by Crippen LogP contribution is 2.12. The third-order valence-corrected chi connectivity index (χ3v) is 2.16. The number of benzene rings is 1. The maximum atomic E-state index is 11.5. The molecule has 0 spiro atoms. The zero-order valence-electron chi connectivity index (χ0n) is 10.0. The highest BCUT2D eigenvalue weighted by molar-refractivity contribution is 5.98. The van der Waals surface area contributed by atoms with Crippen molar-refractivity contribution in [1.29, 1.82) is 10.5 Å². The Bertz CT molecular complexity index is 548. The Hall–Kier alpha value is -2.59. The summed E-state index contributed by atoms with van der Waals surface area (Å²) in [6.45, 7) is 2.14. The molecule has 0 saturated heterocycles. The van der Waals surface area contributed by atoms with E-state index in [1.54, 1.807) is 30.3 Å². The van der Waals surface area contributed by atoms with Crippen LogP contribution in [0.15, 0.2) is 29.8 Å². The van der Waals surface area contributed by atoms with Gasteiger partial charge in [-0.25, -0.2) is 4.79 Å². The zero-order valence-corrected chi connectivity index (χ0v) is 10.0. The van der Waals surface area contributed by atoms with Gasteiger partial charge in [-0.1, -0.05) is 25.1 Å². The summed E-state index contributed by atoms with van der Waals surface area (Å²) in [5.74, 6) is -0.660. The molecular formula is C14H12N2O2. The lowest BCUT2D eigenvalue weighted by Gasteiger charge is -2.02. The number of ether oxygens (including phenoxy) is 1. The lowest BCUT2D eigenvalue weighted by atomic mass is 10.1. The SMILES string of the molecule is CCCOC(=O)/C(C#N)=C/c1ccccc1C#N. The van der Waals surface area contributed by atoms with Crippen LogP contribution in [0, 0.1) is 22.7 Å². The minimum atomic E-state index is -0.660. The molecule has 1 aromatic rings. The molecule has 0 radical (unpaired) electrons. The van der Waals surface area contributed by atoms with Gasteiger partial charge in [-0.15, -0.1) is 0 Å². The lowest BCUT2D eigenvalue weighted by molar-refractivity contribution is -0.138. The topological polar surface area (TPSA) is 73.9 Å². The summed E-state index contributed by atoms with van der Waals surface area (Å²) in [5, 5.41) is 17.8. The van der Waals surface area contributed by atoms with Crippen LogP contribution in [0.5, 0.6) is 0 Å². The van der Waals surface area contributed by atoms with Crippen LogP contribution < -0.4 is 0 Å². The van der Waals surface area contributed by atoms with E-state index in [0.717, 1.165) is 0 Å². The molecule has 0 aromatic heterocycles. The maximum Gasteiger partial charge on any atom is 0.348 e. The summed E-state index contributed by atoms with van der Waals surface area (Å²) < 4.78 is 4.88. The highest BCUT2D eigenvalue weighted by atomic mass is 16.5. The van der Waals surface area contributed by atoms with Gasteiger partial charge in [0.15, 0.2) is 0 Å². The molecule has 0 atom stereocenters. The molecule has 0 bridgehead atoms. The molecule has 0 N–H and O–H groups in total. The van der Waals surface area contributed by atoms with Crippen molar-refractivity contribution in [3.05, 3.63) is 41.0 Å². The number of carbonyl (C=O) groups excluding carboxylic acids is 1. The minimum absolute atomic E-state index is 0.105. The second kappa shape index (κ2) is 6.88. The number of hydrogen-bond donors (Lipinski definition) is 0. The van der Waals surface area contributed by atoms with E-state index in [1.807, 2.05) is 13.0 Å². The second-order valence-electron chi connectivity index (χ2n) is 3.50. The van der Waals surface area contributed by atoms with Crippen LogP contribution in [0.25, 0.3) is 6.08 Å². The monoisotopic (exact) mass is 240 g/mol. The van der Waals surface area contributed by atoms with E-state index in [9.17, 15) is 4.79 Å². The summed E-state index contributed by atoms with van der Waals surface area (Å²) in [6.07, 6.45) is 2.07. The Morgan fingerprint density at radius 2 is 2.11 bits per heavy atom. The van der Waals surface area contributed by atoms with Crippen molar-refractivity contribution in [3.63, 3.8) is 0 Å². The van der Waals surface area contributed by atoms with Crippen LogP contribution in [0.4, 0.5) is 0 Å². The van der Waals surface area contributed by atoms with Crippen molar-refractivity contribution in [2.45, 2.75) is 13.3 Å². The quantitative estimate of drug-likeness (QED) is 0.460. The van der Waals surface area contributed by atoms with E-state index in [1.165, 1.54) is 6.08 Å². The number of nitriles is 2. The van der Waals surface area contributed by atoms with Crippen LogP contribution in [-0.2, 0) is 9.53 Å². The van der Waals surface area contributed by atoms with E-state index >= 15 is 0 Å². The standard InChI is InChI=1S/C14H12N2O2/c1-2-7-18-14(17)13(10-16)8-11-5-3-4-6-12(11)9-15/h3-6,8H,2,7H2,1H3/b13-8+. The molecule has 4 nitrogen and oxygen atoms in total. The third kappa shape index (κ3) is 3.47. The number of nitrogens with zero attached hydrogens (tertiary/aromatic N) is 2. The van der Waals surface area contributed by atoms with Crippen molar-refractivity contribution < 1.29 is 9.53 Å². The van der Waals surface area contributed by atoms with Crippen LogP contribution in [0.3, 0.4) is 0 Å². The van der Waals surface area contributed by atoms with Gasteiger partial charge in [-0.2, -0.15) is 10.5 Å². The van der Waals surface area contributed by atoms with Gasteiger partial charge in [0.1, 0.15) is 11.6 Å². The first-order valence-electron chi connectivity index (χ1n) is 5.51.